The standard InChI is InChI=1S/C17H24N6O/c1-3-14(4-2)22-10-6-9-16(22)17(24)19-13-7-5-8-15(11-13)23-12-18-20-21-23/h5,7-8,11-12,14,16H,3-4,6,9-10H2,1-2H3,(H,19,24)/t16-/m1/s1. The molecular formula is C17H24N6O. The van der Waals surface area contributed by atoms with Crippen LogP contribution < -0.4 is 5.32 Å². The molecule has 1 aliphatic rings. The van der Waals surface area contributed by atoms with Gasteiger partial charge in [0, 0.05) is 11.7 Å². The van der Waals surface area contributed by atoms with Gasteiger partial charge in [-0.2, -0.15) is 0 Å². The first-order valence-electron chi connectivity index (χ1n) is 8.63. The SMILES string of the molecule is CCC(CC)N1CCC[C@@H]1C(=O)Nc1cccc(-n2cnnn2)c1. The molecule has 0 aliphatic carbocycles. The molecule has 1 aromatic heterocycles. The molecule has 1 fully saturated rings. The third-order valence-corrected chi connectivity index (χ3v) is 4.74. The van der Waals surface area contributed by atoms with Crippen molar-refractivity contribution in [1.82, 2.24) is 25.1 Å². The summed E-state index contributed by atoms with van der Waals surface area (Å²) in [7, 11) is 0. The topological polar surface area (TPSA) is 75.9 Å². The number of anilines is 1. The normalized spacial score (nSPS) is 18.2. The maximum Gasteiger partial charge on any atom is 0.241 e. The van der Waals surface area contributed by atoms with Crippen LogP contribution in [0, 0.1) is 0 Å². The van der Waals surface area contributed by atoms with Crippen LogP contribution in [-0.2, 0) is 4.79 Å². The van der Waals surface area contributed by atoms with E-state index in [1.54, 1.807) is 4.68 Å². The fourth-order valence-electron chi connectivity index (χ4n) is 3.50. The van der Waals surface area contributed by atoms with E-state index < -0.39 is 0 Å². The Hall–Kier alpha value is -2.28. The van der Waals surface area contributed by atoms with Crippen LogP contribution in [0.2, 0.25) is 0 Å². The molecule has 0 unspecified atom stereocenters. The number of rotatable bonds is 6. The fraction of sp³-hybridized carbons (Fsp3) is 0.529. The van der Waals surface area contributed by atoms with Crippen molar-refractivity contribution in [1.29, 1.82) is 0 Å². The quantitative estimate of drug-likeness (QED) is 0.880. The van der Waals surface area contributed by atoms with Gasteiger partial charge >= 0.3 is 0 Å². The lowest BCUT2D eigenvalue weighted by atomic mass is 10.1. The van der Waals surface area contributed by atoms with Crippen molar-refractivity contribution in [2.75, 3.05) is 11.9 Å². The minimum Gasteiger partial charge on any atom is -0.325 e. The molecule has 2 heterocycles. The Morgan fingerprint density at radius 2 is 2.21 bits per heavy atom. The summed E-state index contributed by atoms with van der Waals surface area (Å²) < 4.78 is 1.57. The molecule has 7 nitrogen and oxygen atoms in total. The molecule has 2 aromatic rings. The molecular weight excluding hydrogens is 304 g/mol. The van der Waals surface area contributed by atoms with Crippen LogP contribution in [0.3, 0.4) is 0 Å². The zero-order valence-electron chi connectivity index (χ0n) is 14.2. The molecule has 1 aliphatic heterocycles. The van der Waals surface area contributed by atoms with Crippen LogP contribution in [0.25, 0.3) is 5.69 Å². The number of carbonyl (C=O) groups is 1. The van der Waals surface area contributed by atoms with Gasteiger partial charge in [0.15, 0.2) is 0 Å². The van der Waals surface area contributed by atoms with Crippen LogP contribution in [-0.4, -0.2) is 49.6 Å². The van der Waals surface area contributed by atoms with Crippen molar-refractivity contribution in [3.05, 3.63) is 30.6 Å². The summed E-state index contributed by atoms with van der Waals surface area (Å²) in [6.07, 6.45) is 5.70. The molecule has 0 spiro atoms. The molecule has 1 N–H and O–H groups in total. The van der Waals surface area contributed by atoms with E-state index in [9.17, 15) is 4.79 Å². The Morgan fingerprint density at radius 3 is 2.92 bits per heavy atom. The largest absolute Gasteiger partial charge is 0.325 e. The second-order valence-electron chi connectivity index (χ2n) is 6.16. The number of tetrazole rings is 1. The maximum atomic E-state index is 12.8. The average molecular weight is 328 g/mol. The predicted molar refractivity (Wildman–Crippen MR) is 91.9 cm³/mol. The molecule has 1 aromatic carbocycles. The molecule has 0 bridgehead atoms. The number of nitrogens with one attached hydrogen (secondary N) is 1. The van der Waals surface area contributed by atoms with Crippen LogP contribution >= 0.6 is 0 Å². The minimum absolute atomic E-state index is 0.0356. The summed E-state index contributed by atoms with van der Waals surface area (Å²) in [6.45, 7) is 5.39. The monoisotopic (exact) mass is 328 g/mol. The van der Waals surface area contributed by atoms with E-state index in [1.807, 2.05) is 24.3 Å². The lowest BCUT2D eigenvalue weighted by molar-refractivity contribution is -0.121. The molecule has 1 saturated heterocycles. The summed E-state index contributed by atoms with van der Waals surface area (Å²) in [5.41, 5.74) is 1.59. The Bertz CT molecular complexity index is 667. The van der Waals surface area contributed by atoms with Gasteiger partial charge in [-0.05, 0) is 60.9 Å². The van der Waals surface area contributed by atoms with Crippen LogP contribution in [0.5, 0.6) is 0 Å². The van der Waals surface area contributed by atoms with Crippen LogP contribution in [0.4, 0.5) is 5.69 Å². The van der Waals surface area contributed by atoms with Gasteiger partial charge in [-0.1, -0.05) is 19.9 Å². The van der Waals surface area contributed by atoms with E-state index in [0.717, 1.165) is 43.6 Å². The predicted octanol–water partition coefficient (Wildman–Crippen LogP) is 2.25. The number of benzene rings is 1. The summed E-state index contributed by atoms with van der Waals surface area (Å²) in [6, 6.07) is 8.01. The van der Waals surface area contributed by atoms with E-state index in [4.69, 9.17) is 0 Å². The smallest absolute Gasteiger partial charge is 0.241 e. The van der Waals surface area contributed by atoms with E-state index >= 15 is 0 Å². The van der Waals surface area contributed by atoms with E-state index in [-0.39, 0.29) is 11.9 Å². The van der Waals surface area contributed by atoms with Gasteiger partial charge < -0.3 is 5.32 Å². The fourth-order valence-corrected chi connectivity index (χ4v) is 3.50. The van der Waals surface area contributed by atoms with Gasteiger partial charge in [-0.15, -0.1) is 5.10 Å². The molecule has 128 valence electrons. The number of hydrogen-bond donors (Lipinski definition) is 1. The van der Waals surface area contributed by atoms with E-state index in [0.29, 0.717) is 6.04 Å². The van der Waals surface area contributed by atoms with Gasteiger partial charge in [0.05, 0.1) is 11.7 Å². The molecule has 0 saturated carbocycles. The molecule has 24 heavy (non-hydrogen) atoms. The van der Waals surface area contributed by atoms with Crippen molar-refractivity contribution in [3.8, 4) is 5.69 Å². The summed E-state index contributed by atoms with van der Waals surface area (Å²) in [5, 5.41) is 14.2. The summed E-state index contributed by atoms with van der Waals surface area (Å²) in [5.74, 6) is 0.0771. The molecule has 1 atom stereocenters. The zero-order valence-corrected chi connectivity index (χ0v) is 14.2. The van der Waals surface area contributed by atoms with Gasteiger partial charge in [-0.25, -0.2) is 4.68 Å². The second-order valence-corrected chi connectivity index (χ2v) is 6.16. The van der Waals surface area contributed by atoms with Crippen molar-refractivity contribution < 1.29 is 4.79 Å². The zero-order chi connectivity index (χ0) is 16.9. The van der Waals surface area contributed by atoms with Crippen molar-refractivity contribution in [2.45, 2.75) is 51.6 Å². The van der Waals surface area contributed by atoms with Crippen molar-refractivity contribution in [2.24, 2.45) is 0 Å². The highest BCUT2D eigenvalue weighted by Crippen LogP contribution is 2.24. The van der Waals surface area contributed by atoms with E-state index in [1.165, 1.54) is 6.33 Å². The van der Waals surface area contributed by atoms with Crippen molar-refractivity contribution >= 4 is 11.6 Å². The molecule has 0 radical (unpaired) electrons. The highest BCUT2D eigenvalue weighted by molar-refractivity contribution is 5.95. The first-order valence-corrected chi connectivity index (χ1v) is 8.63. The first kappa shape index (κ1) is 16.6. The lowest BCUT2D eigenvalue weighted by Crippen LogP contribution is -2.45. The Balaban J connectivity index is 1.71. The maximum absolute atomic E-state index is 12.8. The Morgan fingerprint density at radius 1 is 1.38 bits per heavy atom. The number of likely N-dealkylation sites (tertiary alicyclic amines) is 1. The second kappa shape index (κ2) is 7.53. The first-order chi connectivity index (χ1) is 11.7. The van der Waals surface area contributed by atoms with E-state index in [2.05, 4.69) is 39.6 Å². The number of hydrogen-bond acceptors (Lipinski definition) is 5. The van der Waals surface area contributed by atoms with Gasteiger partial charge in [0.2, 0.25) is 5.91 Å². The third kappa shape index (κ3) is 3.46. The molecule has 1 amide bonds. The number of aromatic nitrogens is 4. The Kier molecular flexibility index (Phi) is 5.20. The number of carbonyl (C=O) groups excluding carboxylic acids is 1. The van der Waals surface area contributed by atoms with Gasteiger partial charge in [0.25, 0.3) is 0 Å². The van der Waals surface area contributed by atoms with Crippen LogP contribution in [0.1, 0.15) is 39.5 Å². The highest BCUT2D eigenvalue weighted by atomic mass is 16.2. The van der Waals surface area contributed by atoms with Crippen molar-refractivity contribution in [3.63, 3.8) is 0 Å². The summed E-state index contributed by atoms with van der Waals surface area (Å²) in [4.78, 5) is 15.1. The number of nitrogens with zero attached hydrogens (tertiary/aromatic N) is 5. The highest BCUT2D eigenvalue weighted by Gasteiger charge is 2.34. The molecule has 7 heteroatoms. The minimum atomic E-state index is -0.0356. The lowest BCUT2D eigenvalue weighted by Gasteiger charge is -2.31. The molecule has 3 rings (SSSR count). The summed E-state index contributed by atoms with van der Waals surface area (Å²) >= 11 is 0. The Labute approximate surface area is 142 Å². The van der Waals surface area contributed by atoms with Gasteiger partial charge in [0.1, 0.15) is 6.33 Å². The van der Waals surface area contributed by atoms with Gasteiger partial charge in [-0.3, -0.25) is 9.69 Å². The third-order valence-electron chi connectivity index (χ3n) is 4.74. The average Bonchev–Trinajstić information content (AvgIpc) is 3.28. The van der Waals surface area contributed by atoms with Crippen LogP contribution in [0.15, 0.2) is 30.6 Å². The number of amides is 1.